The minimum Gasteiger partial charge on any atom is -0.382 e. The molecular weight excluding hydrogens is 258 g/mol. The van der Waals surface area contributed by atoms with Crippen LogP contribution >= 0.6 is 11.3 Å². The Morgan fingerprint density at radius 2 is 2.32 bits per heavy atom. The van der Waals surface area contributed by atoms with Gasteiger partial charge in [-0.05, 0) is 30.4 Å². The van der Waals surface area contributed by atoms with Crippen LogP contribution in [0.4, 0.5) is 5.82 Å². The van der Waals surface area contributed by atoms with Crippen molar-refractivity contribution in [2.24, 2.45) is 5.73 Å². The fraction of sp³-hybridized carbons (Fsp3) is 0.308. The number of nitrogen functional groups attached to an aromatic ring is 1. The van der Waals surface area contributed by atoms with Crippen molar-refractivity contribution < 1.29 is 0 Å². The van der Waals surface area contributed by atoms with Crippen LogP contribution in [0, 0.1) is 5.41 Å². The molecule has 3 rings (SSSR count). The van der Waals surface area contributed by atoms with Gasteiger partial charge >= 0.3 is 0 Å². The van der Waals surface area contributed by atoms with Crippen LogP contribution < -0.4 is 10.6 Å². The highest BCUT2D eigenvalue weighted by Crippen LogP contribution is 2.34. The summed E-state index contributed by atoms with van der Waals surface area (Å²) in [6.07, 6.45) is 4.31. The molecule has 5 nitrogen and oxygen atoms in total. The number of amidine groups is 1. The van der Waals surface area contributed by atoms with Gasteiger partial charge < -0.3 is 10.6 Å². The van der Waals surface area contributed by atoms with Gasteiger partial charge in [-0.2, -0.15) is 0 Å². The monoisotopic (exact) mass is 273 g/mol. The van der Waals surface area contributed by atoms with Crippen LogP contribution in [0.15, 0.2) is 23.8 Å². The van der Waals surface area contributed by atoms with E-state index in [1.807, 2.05) is 11.3 Å². The molecule has 0 radical (unpaired) electrons. The summed E-state index contributed by atoms with van der Waals surface area (Å²) in [7, 11) is 0. The SMILES string of the molecule is CC1c2ccsc2CCN1c1cnc(C(=N)N)cn1. The van der Waals surface area contributed by atoms with E-state index in [0.29, 0.717) is 11.7 Å². The zero-order chi connectivity index (χ0) is 13.4. The predicted molar refractivity (Wildman–Crippen MR) is 76.8 cm³/mol. The van der Waals surface area contributed by atoms with Gasteiger partial charge in [0.25, 0.3) is 0 Å². The fourth-order valence-corrected chi connectivity index (χ4v) is 3.39. The van der Waals surface area contributed by atoms with Crippen LogP contribution in [0.5, 0.6) is 0 Å². The molecule has 0 amide bonds. The van der Waals surface area contributed by atoms with Crippen LogP contribution in [0.1, 0.15) is 29.1 Å². The number of anilines is 1. The minimum absolute atomic E-state index is 0.0501. The molecule has 0 aromatic carbocycles. The lowest BCUT2D eigenvalue weighted by atomic mass is 10.0. The third-order valence-corrected chi connectivity index (χ3v) is 4.48. The molecule has 0 spiro atoms. The summed E-state index contributed by atoms with van der Waals surface area (Å²) in [6.45, 7) is 3.13. The van der Waals surface area contributed by atoms with E-state index in [4.69, 9.17) is 11.1 Å². The zero-order valence-corrected chi connectivity index (χ0v) is 11.4. The van der Waals surface area contributed by atoms with Crippen LogP contribution in [0.25, 0.3) is 0 Å². The first kappa shape index (κ1) is 12.1. The van der Waals surface area contributed by atoms with Crippen molar-refractivity contribution in [1.29, 1.82) is 5.41 Å². The maximum Gasteiger partial charge on any atom is 0.147 e. The van der Waals surface area contributed by atoms with Gasteiger partial charge in [-0.25, -0.2) is 9.97 Å². The molecule has 0 fully saturated rings. The zero-order valence-electron chi connectivity index (χ0n) is 10.6. The summed E-state index contributed by atoms with van der Waals surface area (Å²) in [6, 6.07) is 2.50. The van der Waals surface area contributed by atoms with Gasteiger partial charge in [-0.1, -0.05) is 0 Å². The Morgan fingerprint density at radius 1 is 1.47 bits per heavy atom. The molecule has 0 aliphatic carbocycles. The fourth-order valence-electron chi connectivity index (χ4n) is 2.43. The van der Waals surface area contributed by atoms with Crippen LogP contribution in [0.3, 0.4) is 0 Å². The Morgan fingerprint density at radius 3 is 3.00 bits per heavy atom. The topological polar surface area (TPSA) is 78.9 Å². The highest BCUT2D eigenvalue weighted by atomic mass is 32.1. The van der Waals surface area contributed by atoms with Gasteiger partial charge in [0.1, 0.15) is 17.3 Å². The molecule has 1 aliphatic rings. The average molecular weight is 273 g/mol. The van der Waals surface area contributed by atoms with Crippen LogP contribution in [0.2, 0.25) is 0 Å². The molecule has 6 heteroatoms. The number of rotatable bonds is 2. The first-order valence-electron chi connectivity index (χ1n) is 6.16. The number of fused-ring (bicyclic) bond motifs is 1. The van der Waals surface area contributed by atoms with E-state index >= 15 is 0 Å². The summed E-state index contributed by atoms with van der Waals surface area (Å²) in [5.74, 6) is 0.792. The Balaban J connectivity index is 1.89. The summed E-state index contributed by atoms with van der Waals surface area (Å²) in [5, 5.41) is 9.48. The molecule has 1 atom stereocenters. The highest BCUT2D eigenvalue weighted by molar-refractivity contribution is 7.10. The van der Waals surface area contributed by atoms with Crippen molar-refractivity contribution in [2.75, 3.05) is 11.4 Å². The molecule has 1 unspecified atom stereocenters. The van der Waals surface area contributed by atoms with Crippen molar-refractivity contribution in [1.82, 2.24) is 9.97 Å². The summed E-state index contributed by atoms with van der Waals surface area (Å²) < 4.78 is 0. The maximum absolute atomic E-state index is 7.33. The lowest BCUT2D eigenvalue weighted by Gasteiger charge is -2.34. The first-order valence-corrected chi connectivity index (χ1v) is 7.04. The number of hydrogen-bond donors (Lipinski definition) is 2. The molecule has 0 bridgehead atoms. The smallest absolute Gasteiger partial charge is 0.147 e. The molecule has 98 valence electrons. The molecular formula is C13H15N5S. The van der Waals surface area contributed by atoms with Crippen molar-refractivity contribution in [3.63, 3.8) is 0 Å². The lowest BCUT2D eigenvalue weighted by Crippen LogP contribution is -2.34. The van der Waals surface area contributed by atoms with E-state index in [1.54, 1.807) is 12.4 Å². The lowest BCUT2D eigenvalue weighted by molar-refractivity contribution is 0.623. The van der Waals surface area contributed by atoms with Gasteiger partial charge in [0, 0.05) is 11.4 Å². The number of thiophene rings is 1. The second-order valence-corrected chi connectivity index (χ2v) is 5.59. The Bertz CT molecular complexity index is 604. The quantitative estimate of drug-likeness (QED) is 0.647. The number of nitrogens with zero attached hydrogens (tertiary/aromatic N) is 3. The molecule has 2 aromatic rings. The minimum atomic E-state index is -0.0501. The highest BCUT2D eigenvalue weighted by Gasteiger charge is 2.25. The molecule has 3 heterocycles. The standard InChI is InChI=1S/C13H15N5S/c1-8-9-3-5-19-11(9)2-4-18(8)12-7-16-10(6-17-12)13(14)15/h3,5-8H,2,4H2,1H3,(H3,14,15). The van der Waals surface area contributed by atoms with E-state index in [2.05, 4.69) is 33.2 Å². The van der Waals surface area contributed by atoms with Crippen LogP contribution in [-0.4, -0.2) is 22.3 Å². The van der Waals surface area contributed by atoms with Crippen molar-refractivity contribution in [2.45, 2.75) is 19.4 Å². The van der Waals surface area contributed by atoms with Gasteiger partial charge in [0.05, 0.1) is 18.4 Å². The molecule has 19 heavy (non-hydrogen) atoms. The van der Waals surface area contributed by atoms with Gasteiger partial charge in [-0.3, -0.25) is 5.41 Å². The second kappa shape index (κ2) is 4.62. The molecule has 1 aliphatic heterocycles. The van der Waals surface area contributed by atoms with Crippen molar-refractivity contribution in [3.05, 3.63) is 40.0 Å². The molecule has 0 saturated heterocycles. The van der Waals surface area contributed by atoms with E-state index in [9.17, 15) is 0 Å². The summed E-state index contributed by atoms with van der Waals surface area (Å²) >= 11 is 1.83. The molecule has 2 aromatic heterocycles. The third kappa shape index (κ3) is 2.08. The number of aromatic nitrogens is 2. The average Bonchev–Trinajstić information content (AvgIpc) is 2.88. The Labute approximate surface area is 115 Å². The van der Waals surface area contributed by atoms with Crippen LogP contribution in [-0.2, 0) is 6.42 Å². The van der Waals surface area contributed by atoms with Gasteiger partial charge in [0.2, 0.25) is 0 Å². The Hall–Kier alpha value is -1.95. The van der Waals surface area contributed by atoms with Gasteiger partial charge in [0.15, 0.2) is 0 Å². The second-order valence-electron chi connectivity index (χ2n) is 4.59. The van der Waals surface area contributed by atoms with E-state index < -0.39 is 0 Å². The first-order chi connectivity index (χ1) is 9.16. The largest absolute Gasteiger partial charge is 0.382 e. The van der Waals surface area contributed by atoms with E-state index in [-0.39, 0.29) is 5.84 Å². The Kier molecular flexibility index (Phi) is 2.94. The summed E-state index contributed by atoms with van der Waals surface area (Å²) in [5.41, 5.74) is 7.19. The van der Waals surface area contributed by atoms with E-state index in [0.717, 1.165) is 18.8 Å². The predicted octanol–water partition coefficient (Wildman–Crippen LogP) is 1.95. The number of nitrogens with two attached hydrogens (primary N) is 1. The maximum atomic E-state index is 7.33. The third-order valence-electron chi connectivity index (χ3n) is 3.49. The van der Waals surface area contributed by atoms with Crippen molar-refractivity contribution >= 4 is 23.0 Å². The molecule has 3 N–H and O–H groups in total. The van der Waals surface area contributed by atoms with Gasteiger partial charge in [-0.15, -0.1) is 11.3 Å². The molecule has 0 saturated carbocycles. The van der Waals surface area contributed by atoms with Crippen molar-refractivity contribution in [3.8, 4) is 0 Å². The number of hydrogen-bond acceptors (Lipinski definition) is 5. The van der Waals surface area contributed by atoms with E-state index in [1.165, 1.54) is 10.4 Å². The summed E-state index contributed by atoms with van der Waals surface area (Å²) in [4.78, 5) is 12.3. The number of nitrogens with one attached hydrogen (secondary N) is 1. The normalized spacial score (nSPS) is 18.2.